The fourth-order valence-electron chi connectivity index (χ4n) is 3.54. The minimum Gasteiger partial charge on any atom is -0.359 e. The highest BCUT2D eigenvalue weighted by Gasteiger charge is 2.48. The monoisotopic (exact) mass is 312 g/mol. The number of carbonyl (C=O) groups is 3. The Bertz CT molecular complexity index is 417. The third-order valence-corrected chi connectivity index (χ3v) is 4.00. The zero-order chi connectivity index (χ0) is 17.0. The van der Waals surface area contributed by atoms with Gasteiger partial charge in [0.1, 0.15) is 0 Å². The number of carbonyl (C=O) groups excluding carboxylic acids is 3. The fraction of sp³-hybridized carbons (Fsp3) is 0.800. The predicted octanol–water partition coefficient (Wildman–Crippen LogP) is -0.254. The summed E-state index contributed by atoms with van der Waals surface area (Å²) in [5.74, 6) is -1.13. The normalized spacial score (nSPS) is 20.3. The van der Waals surface area contributed by atoms with Gasteiger partial charge in [0.15, 0.2) is 0 Å². The van der Waals surface area contributed by atoms with E-state index in [-0.39, 0.29) is 6.04 Å². The van der Waals surface area contributed by atoms with Crippen molar-refractivity contribution >= 4 is 18.2 Å². The number of likely N-dealkylation sites (tertiary alicyclic amines) is 1. The molecule has 1 fully saturated rings. The molecule has 3 amide bonds. The average molecular weight is 312 g/mol. The zero-order valence-corrected chi connectivity index (χ0v) is 13.9. The molecule has 0 atom stereocenters. The van der Waals surface area contributed by atoms with Gasteiger partial charge in [-0.05, 0) is 47.0 Å². The summed E-state index contributed by atoms with van der Waals surface area (Å²) in [5.41, 5.74) is 5.15. The van der Waals surface area contributed by atoms with Gasteiger partial charge in [-0.15, -0.1) is 0 Å². The molecule has 1 aliphatic rings. The van der Waals surface area contributed by atoms with Crippen LogP contribution in [-0.2, 0) is 14.4 Å². The molecule has 4 N–H and O–H groups in total. The number of hydrogen-bond acceptors (Lipinski definition) is 4. The Morgan fingerprint density at radius 3 is 2.23 bits per heavy atom. The lowest BCUT2D eigenvalue weighted by Gasteiger charge is -2.54. The summed E-state index contributed by atoms with van der Waals surface area (Å²) in [6, 6.07) is 0.0199. The van der Waals surface area contributed by atoms with E-state index in [0.29, 0.717) is 38.8 Å². The number of nitrogens with zero attached hydrogens (tertiary/aromatic N) is 1. The lowest BCUT2D eigenvalue weighted by molar-refractivity contribution is -0.159. The number of amides is 3. The summed E-state index contributed by atoms with van der Waals surface area (Å²) in [4.78, 5) is 36.4. The summed E-state index contributed by atoms with van der Waals surface area (Å²) in [5, 5.41) is 5.11. The number of piperidine rings is 1. The second kappa shape index (κ2) is 7.09. The van der Waals surface area contributed by atoms with Crippen molar-refractivity contribution < 1.29 is 14.4 Å². The first-order valence-electron chi connectivity index (χ1n) is 7.67. The summed E-state index contributed by atoms with van der Waals surface area (Å²) < 4.78 is 0. The Balaban J connectivity index is 2.69. The van der Waals surface area contributed by atoms with E-state index >= 15 is 0 Å². The summed E-state index contributed by atoms with van der Waals surface area (Å²) in [6.45, 7) is 8.56. The fourth-order valence-corrected chi connectivity index (χ4v) is 3.54. The van der Waals surface area contributed by atoms with Crippen LogP contribution in [0.15, 0.2) is 0 Å². The van der Waals surface area contributed by atoms with Crippen LogP contribution >= 0.6 is 0 Å². The molecule has 0 saturated carbocycles. The number of rotatable bonds is 5. The minimum absolute atomic E-state index is 0.0199. The first-order valence-corrected chi connectivity index (χ1v) is 7.67. The van der Waals surface area contributed by atoms with Gasteiger partial charge in [-0.2, -0.15) is 0 Å². The molecule has 1 saturated heterocycles. The third kappa shape index (κ3) is 4.43. The van der Waals surface area contributed by atoms with Crippen LogP contribution in [0.3, 0.4) is 0 Å². The quantitative estimate of drug-likeness (QED) is 0.370. The van der Waals surface area contributed by atoms with E-state index < -0.39 is 22.9 Å². The third-order valence-electron chi connectivity index (χ3n) is 4.00. The second-order valence-corrected chi connectivity index (χ2v) is 7.12. The molecular formula is C15H28N4O3. The zero-order valence-electron chi connectivity index (χ0n) is 13.9. The van der Waals surface area contributed by atoms with Crippen molar-refractivity contribution in [1.29, 1.82) is 0 Å². The maximum Gasteiger partial charge on any atom is 0.312 e. The molecule has 0 aromatic rings. The first-order chi connectivity index (χ1) is 10.1. The van der Waals surface area contributed by atoms with Gasteiger partial charge in [0.2, 0.25) is 6.41 Å². The summed E-state index contributed by atoms with van der Waals surface area (Å²) >= 11 is 0. The highest BCUT2D eigenvalue weighted by atomic mass is 16.2. The topological polar surface area (TPSA) is 105 Å². The highest BCUT2D eigenvalue weighted by Crippen LogP contribution is 2.37. The molecule has 0 unspecified atom stereocenters. The highest BCUT2D eigenvalue weighted by molar-refractivity contribution is 6.35. The maximum atomic E-state index is 12.6. The van der Waals surface area contributed by atoms with Gasteiger partial charge in [0, 0.05) is 30.2 Å². The Morgan fingerprint density at radius 2 is 1.73 bits per heavy atom. The Kier molecular flexibility index (Phi) is 5.93. The van der Waals surface area contributed by atoms with E-state index in [1.807, 2.05) is 27.7 Å². The molecule has 0 bridgehead atoms. The number of hydrogen-bond donors (Lipinski definition) is 3. The Hall–Kier alpha value is -1.63. The molecule has 1 aliphatic heterocycles. The molecule has 22 heavy (non-hydrogen) atoms. The van der Waals surface area contributed by atoms with Crippen LogP contribution in [0.5, 0.6) is 0 Å². The molecule has 1 rings (SSSR count). The lowest BCUT2D eigenvalue weighted by Crippen LogP contribution is -2.67. The van der Waals surface area contributed by atoms with Crippen LogP contribution in [0, 0.1) is 0 Å². The van der Waals surface area contributed by atoms with Crippen LogP contribution < -0.4 is 16.4 Å². The van der Waals surface area contributed by atoms with Crippen molar-refractivity contribution in [2.45, 2.75) is 64.1 Å². The van der Waals surface area contributed by atoms with Crippen molar-refractivity contribution in [3.8, 4) is 0 Å². The van der Waals surface area contributed by atoms with Gasteiger partial charge < -0.3 is 21.3 Å². The first kappa shape index (κ1) is 18.4. The van der Waals surface area contributed by atoms with Crippen molar-refractivity contribution in [3.63, 3.8) is 0 Å². The predicted molar refractivity (Wildman–Crippen MR) is 83.9 cm³/mol. The van der Waals surface area contributed by atoms with Crippen molar-refractivity contribution in [2.24, 2.45) is 5.73 Å². The molecule has 0 aromatic heterocycles. The Morgan fingerprint density at radius 1 is 1.18 bits per heavy atom. The SMILES string of the molecule is CC1(C)CC(N)CC(C)(C)N1C(=O)C(=O)NCCCNC=O. The van der Waals surface area contributed by atoms with Crippen LogP contribution in [0.2, 0.25) is 0 Å². The summed E-state index contributed by atoms with van der Waals surface area (Å²) in [7, 11) is 0. The van der Waals surface area contributed by atoms with Gasteiger partial charge in [0.05, 0.1) is 0 Å². The average Bonchev–Trinajstić information content (AvgIpc) is 2.34. The van der Waals surface area contributed by atoms with Crippen LogP contribution in [0.1, 0.15) is 47.0 Å². The molecule has 7 nitrogen and oxygen atoms in total. The molecule has 0 radical (unpaired) electrons. The van der Waals surface area contributed by atoms with Crippen molar-refractivity contribution in [3.05, 3.63) is 0 Å². The van der Waals surface area contributed by atoms with Crippen molar-refractivity contribution in [1.82, 2.24) is 15.5 Å². The molecule has 0 aliphatic carbocycles. The van der Waals surface area contributed by atoms with Gasteiger partial charge in [0.25, 0.3) is 0 Å². The standard InChI is InChI=1S/C15H28N4O3/c1-14(2)8-11(16)9-15(3,4)19(14)13(22)12(21)18-7-5-6-17-10-20/h10-11H,5-9,16H2,1-4H3,(H,17,20)(H,18,21). The van der Waals surface area contributed by atoms with Crippen molar-refractivity contribution in [2.75, 3.05) is 13.1 Å². The van der Waals surface area contributed by atoms with E-state index in [0.717, 1.165) is 0 Å². The minimum atomic E-state index is -0.609. The molecule has 126 valence electrons. The van der Waals surface area contributed by atoms with E-state index in [4.69, 9.17) is 5.73 Å². The number of nitrogens with one attached hydrogen (secondary N) is 2. The second-order valence-electron chi connectivity index (χ2n) is 7.12. The smallest absolute Gasteiger partial charge is 0.312 e. The molecule has 0 aromatic carbocycles. The van der Waals surface area contributed by atoms with Crippen LogP contribution in [0.25, 0.3) is 0 Å². The van der Waals surface area contributed by atoms with Crippen LogP contribution in [0.4, 0.5) is 0 Å². The van der Waals surface area contributed by atoms with E-state index in [2.05, 4.69) is 10.6 Å². The maximum absolute atomic E-state index is 12.6. The Labute approximate surface area is 132 Å². The summed E-state index contributed by atoms with van der Waals surface area (Å²) in [6.07, 6.45) is 2.52. The van der Waals surface area contributed by atoms with E-state index in [1.165, 1.54) is 0 Å². The molecule has 0 spiro atoms. The number of nitrogens with two attached hydrogens (primary N) is 1. The molecule has 7 heteroatoms. The van der Waals surface area contributed by atoms with Crippen LogP contribution in [-0.4, -0.2) is 53.3 Å². The van der Waals surface area contributed by atoms with Gasteiger partial charge >= 0.3 is 11.8 Å². The van der Waals surface area contributed by atoms with E-state index in [1.54, 1.807) is 4.90 Å². The van der Waals surface area contributed by atoms with Gasteiger partial charge in [-0.25, -0.2) is 0 Å². The van der Waals surface area contributed by atoms with Gasteiger partial charge in [-0.1, -0.05) is 0 Å². The van der Waals surface area contributed by atoms with E-state index in [9.17, 15) is 14.4 Å². The molecular weight excluding hydrogens is 284 g/mol. The largest absolute Gasteiger partial charge is 0.359 e. The molecule has 1 heterocycles. The lowest BCUT2D eigenvalue weighted by atomic mass is 9.77. The van der Waals surface area contributed by atoms with Gasteiger partial charge in [-0.3, -0.25) is 14.4 Å².